The van der Waals surface area contributed by atoms with Crippen LogP contribution in [-0.4, -0.2) is 48.0 Å². The van der Waals surface area contributed by atoms with Gasteiger partial charge in [-0.25, -0.2) is 14.2 Å². The number of carbonyl (C=O) groups is 2. The molecule has 1 aromatic heterocycles. The topological polar surface area (TPSA) is 82.5 Å². The second-order valence-corrected chi connectivity index (χ2v) is 7.02. The van der Waals surface area contributed by atoms with Crippen LogP contribution < -0.4 is 10.2 Å². The minimum absolute atomic E-state index is 0.0298. The average molecular weight is 347 g/mol. The summed E-state index contributed by atoms with van der Waals surface area (Å²) in [5.74, 6) is -2.33. The SMILES string of the molecule is CC1=C2C(=C(C(=O)O)C(=O)c3cc(F)c(N4CCNCC4)nc32)S1. The molecule has 0 spiro atoms. The quantitative estimate of drug-likeness (QED) is 0.787. The fraction of sp³-hybridized carbons (Fsp3) is 0.312. The van der Waals surface area contributed by atoms with Crippen LogP contribution in [0, 0.1) is 5.82 Å². The Morgan fingerprint density at radius 1 is 1.42 bits per heavy atom. The van der Waals surface area contributed by atoms with Crippen LogP contribution in [0.25, 0.3) is 5.57 Å². The molecule has 0 aromatic carbocycles. The summed E-state index contributed by atoms with van der Waals surface area (Å²) < 4.78 is 14.5. The van der Waals surface area contributed by atoms with Gasteiger partial charge in [-0.1, -0.05) is 11.8 Å². The van der Waals surface area contributed by atoms with Crippen LogP contribution >= 0.6 is 11.8 Å². The van der Waals surface area contributed by atoms with Gasteiger partial charge in [0.25, 0.3) is 0 Å². The molecule has 0 bridgehead atoms. The van der Waals surface area contributed by atoms with E-state index in [0.717, 1.165) is 24.1 Å². The second-order valence-electron chi connectivity index (χ2n) is 5.80. The molecule has 0 saturated carbocycles. The molecule has 24 heavy (non-hydrogen) atoms. The number of pyridine rings is 1. The van der Waals surface area contributed by atoms with Gasteiger partial charge in [0, 0.05) is 36.7 Å². The lowest BCUT2D eigenvalue weighted by Gasteiger charge is -2.33. The maximum absolute atomic E-state index is 14.5. The number of ketones is 1. The van der Waals surface area contributed by atoms with Gasteiger partial charge < -0.3 is 15.3 Å². The van der Waals surface area contributed by atoms with Gasteiger partial charge >= 0.3 is 5.97 Å². The molecule has 0 radical (unpaired) electrons. The lowest BCUT2D eigenvalue weighted by molar-refractivity contribution is -0.132. The number of anilines is 1. The summed E-state index contributed by atoms with van der Waals surface area (Å²) in [6.07, 6.45) is 0. The molecule has 124 valence electrons. The summed E-state index contributed by atoms with van der Waals surface area (Å²) in [5.41, 5.74) is 0.793. The molecule has 1 fully saturated rings. The number of hydrogen-bond acceptors (Lipinski definition) is 6. The number of fused-ring (bicyclic) bond motifs is 3. The van der Waals surface area contributed by atoms with E-state index in [0.29, 0.717) is 29.3 Å². The number of aliphatic carboxylic acids is 1. The van der Waals surface area contributed by atoms with Crippen molar-refractivity contribution in [2.45, 2.75) is 6.92 Å². The molecule has 2 aliphatic heterocycles. The zero-order valence-electron chi connectivity index (χ0n) is 12.9. The molecule has 0 unspecified atom stereocenters. The fourth-order valence-corrected chi connectivity index (χ4v) is 4.28. The number of hydrogen-bond donors (Lipinski definition) is 2. The summed E-state index contributed by atoms with van der Waals surface area (Å²) in [6.45, 7) is 4.59. The third kappa shape index (κ3) is 2.10. The van der Waals surface area contributed by atoms with Gasteiger partial charge in [0.1, 0.15) is 5.57 Å². The highest BCUT2D eigenvalue weighted by Crippen LogP contribution is 2.55. The number of nitrogens with one attached hydrogen (secondary N) is 1. The Kier molecular flexibility index (Phi) is 3.47. The summed E-state index contributed by atoms with van der Waals surface area (Å²) >= 11 is 1.26. The normalized spacial score (nSPS) is 19.9. The molecule has 3 heterocycles. The lowest BCUT2D eigenvalue weighted by atomic mass is 9.89. The highest BCUT2D eigenvalue weighted by molar-refractivity contribution is 8.09. The highest BCUT2D eigenvalue weighted by atomic mass is 32.2. The zero-order valence-corrected chi connectivity index (χ0v) is 13.7. The van der Waals surface area contributed by atoms with E-state index >= 15 is 0 Å². The third-order valence-electron chi connectivity index (χ3n) is 4.36. The Bertz CT molecular complexity index is 856. The molecular weight excluding hydrogens is 333 g/mol. The number of carbonyl (C=O) groups excluding carboxylic acids is 1. The largest absolute Gasteiger partial charge is 0.478 e. The Balaban J connectivity index is 1.88. The zero-order chi connectivity index (χ0) is 17.0. The number of carboxylic acid groups (broad SMARTS) is 1. The Hall–Kier alpha value is -2.19. The van der Waals surface area contributed by atoms with Crippen molar-refractivity contribution in [3.8, 4) is 0 Å². The van der Waals surface area contributed by atoms with E-state index in [9.17, 15) is 19.1 Å². The average Bonchev–Trinajstić information content (AvgIpc) is 2.55. The van der Waals surface area contributed by atoms with E-state index in [-0.39, 0.29) is 17.0 Å². The molecule has 1 saturated heterocycles. The van der Waals surface area contributed by atoms with Crippen molar-refractivity contribution >= 4 is 34.9 Å². The van der Waals surface area contributed by atoms with Crippen LogP contribution in [0.3, 0.4) is 0 Å². The Morgan fingerprint density at radius 2 is 2.12 bits per heavy atom. The van der Waals surface area contributed by atoms with Gasteiger partial charge in [0.2, 0.25) is 5.78 Å². The van der Waals surface area contributed by atoms with E-state index in [1.165, 1.54) is 11.8 Å². The highest BCUT2D eigenvalue weighted by Gasteiger charge is 2.41. The van der Waals surface area contributed by atoms with Crippen LogP contribution in [0.1, 0.15) is 23.0 Å². The van der Waals surface area contributed by atoms with Crippen LogP contribution in [0.15, 0.2) is 21.4 Å². The van der Waals surface area contributed by atoms with Crippen molar-refractivity contribution in [3.05, 3.63) is 38.5 Å². The maximum atomic E-state index is 14.5. The van der Waals surface area contributed by atoms with Crippen molar-refractivity contribution < 1.29 is 19.1 Å². The maximum Gasteiger partial charge on any atom is 0.340 e. The van der Waals surface area contributed by atoms with Crippen molar-refractivity contribution in [1.29, 1.82) is 0 Å². The predicted octanol–water partition coefficient (Wildman–Crippen LogP) is 1.64. The Morgan fingerprint density at radius 3 is 2.75 bits per heavy atom. The van der Waals surface area contributed by atoms with E-state index < -0.39 is 17.6 Å². The van der Waals surface area contributed by atoms with Crippen molar-refractivity contribution in [2.24, 2.45) is 0 Å². The molecule has 3 aliphatic rings. The molecule has 8 heteroatoms. The number of rotatable bonds is 2. The van der Waals surface area contributed by atoms with Gasteiger partial charge in [-0.3, -0.25) is 4.79 Å². The number of piperazine rings is 1. The second kappa shape index (κ2) is 5.42. The molecule has 1 aliphatic carbocycles. The van der Waals surface area contributed by atoms with Crippen LogP contribution in [-0.2, 0) is 4.79 Å². The third-order valence-corrected chi connectivity index (χ3v) is 5.48. The molecular formula is C16H14FN3O3S. The smallest absolute Gasteiger partial charge is 0.340 e. The van der Waals surface area contributed by atoms with Crippen molar-refractivity contribution in [2.75, 3.05) is 31.1 Å². The minimum atomic E-state index is -1.29. The van der Waals surface area contributed by atoms with Gasteiger partial charge in [-0.15, -0.1) is 0 Å². The van der Waals surface area contributed by atoms with Crippen LogP contribution in [0.2, 0.25) is 0 Å². The van der Waals surface area contributed by atoms with Crippen LogP contribution in [0.5, 0.6) is 0 Å². The Labute approximate surface area is 141 Å². The van der Waals surface area contributed by atoms with Gasteiger partial charge in [0.15, 0.2) is 11.6 Å². The number of halogens is 1. The first kappa shape index (κ1) is 15.3. The number of allylic oxidation sites excluding steroid dienone is 2. The first-order chi connectivity index (χ1) is 11.5. The van der Waals surface area contributed by atoms with Gasteiger partial charge in [-0.05, 0) is 17.9 Å². The molecule has 4 rings (SSSR count). The number of carboxylic acids is 1. The van der Waals surface area contributed by atoms with E-state index in [1.54, 1.807) is 0 Å². The molecule has 1 aromatic rings. The standard InChI is InChI=1S/C16H14FN3O3S/c1-7-10-12-8(13(21)11(16(22)23)14(10)24-7)6-9(17)15(19-12)20-4-2-18-3-5-20/h6,18H,2-5H2,1H3,(H,22,23). The molecule has 2 N–H and O–H groups in total. The summed E-state index contributed by atoms with van der Waals surface area (Å²) in [4.78, 5) is 31.5. The molecule has 6 nitrogen and oxygen atoms in total. The summed E-state index contributed by atoms with van der Waals surface area (Å²) in [5, 5.41) is 12.5. The van der Waals surface area contributed by atoms with Crippen molar-refractivity contribution in [3.63, 3.8) is 0 Å². The molecule has 0 amide bonds. The number of Topliss-reactive ketones (excluding diaryl/α,β-unsaturated/α-hetero) is 1. The number of thioether (sulfide) groups is 1. The van der Waals surface area contributed by atoms with Crippen LogP contribution in [0.4, 0.5) is 10.2 Å². The first-order valence-electron chi connectivity index (χ1n) is 7.57. The van der Waals surface area contributed by atoms with Gasteiger partial charge in [0.05, 0.1) is 11.3 Å². The number of nitrogens with zero attached hydrogens (tertiary/aromatic N) is 2. The lowest BCUT2D eigenvalue weighted by Crippen LogP contribution is -2.44. The van der Waals surface area contributed by atoms with Crippen molar-refractivity contribution in [1.82, 2.24) is 10.3 Å². The number of aromatic nitrogens is 1. The van der Waals surface area contributed by atoms with Gasteiger partial charge in [-0.2, -0.15) is 0 Å². The minimum Gasteiger partial charge on any atom is -0.478 e. The van der Waals surface area contributed by atoms with E-state index in [1.807, 2.05) is 11.8 Å². The fourth-order valence-electron chi connectivity index (χ4n) is 3.19. The van der Waals surface area contributed by atoms with E-state index in [4.69, 9.17) is 0 Å². The first-order valence-corrected chi connectivity index (χ1v) is 8.38. The predicted molar refractivity (Wildman–Crippen MR) is 88.5 cm³/mol. The van der Waals surface area contributed by atoms with E-state index in [2.05, 4.69) is 10.3 Å². The summed E-state index contributed by atoms with van der Waals surface area (Å²) in [7, 11) is 0. The molecule has 0 atom stereocenters. The summed E-state index contributed by atoms with van der Waals surface area (Å²) in [6, 6.07) is 1.13. The monoisotopic (exact) mass is 347 g/mol.